The highest BCUT2D eigenvalue weighted by atomic mass is 32.2. The molecule has 6 aromatic heterocycles. The highest BCUT2D eigenvalue weighted by Crippen LogP contribution is 2.29. The second kappa shape index (κ2) is 16.9. The zero-order valence-electron chi connectivity index (χ0n) is 30.0. The van der Waals surface area contributed by atoms with Crippen molar-refractivity contribution in [3.8, 4) is 0 Å². The van der Waals surface area contributed by atoms with Crippen LogP contribution < -0.4 is 28.3 Å². The molecule has 0 unspecified atom stereocenters. The van der Waals surface area contributed by atoms with E-state index in [4.69, 9.17) is 13.3 Å². The minimum Gasteiger partial charge on any atom is -0.471 e. The van der Waals surface area contributed by atoms with Crippen LogP contribution in [0.2, 0.25) is 0 Å². The molecule has 12 heterocycles. The summed E-state index contributed by atoms with van der Waals surface area (Å²) in [6.45, 7) is 2.38. The van der Waals surface area contributed by atoms with Crippen molar-refractivity contribution in [1.82, 2.24) is 28.3 Å². The lowest BCUT2D eigenvalue weighted by Gasteiger charge is -1.88. The summed E-state index contributed by atoms with van der Waals surface area (Å²) in [5.74, 6) is 0.500. The molecule has 0 saturated heterocycles. The van der Waals surface area contributed by atoms with Crippen molar-refractivity contribution >= 4 is 94.2 Å². The minimum absolute atomic E-state index is 0.0625. The molecule has 0 atom stereocenters. The number of hydrogen-bond acceptors (Lipinski definition) is 18. The van der Waals surface area contributed by atoms with Gasteiger partial charge in [0.2, 0.25) is 45.2 Å². The number of fused-ring (bicyclic) bond motifs is 6. The average molecular weight is 1000 g/mol. The summed E-state index contributed by atoms with van der Waals surface area (Å²) in [5.41, 5.74) is 3.20. The summed E-state index contributed by atoms with van der Waals surface area (Å²) in [4.78, 5) is 2.37. The smallest absolute Gasteiger partial charge is 0.274 e. The van der Waals surface area contributed by atoms with Crippen LogP contribution in [0.15, 0.2) is 113 Å². The third-order valence-corrected chi connectivity index (χ3v) is 20.8. The molecule has 0 radical (unpaired) electrons. The maximum atomic E-state index is 11.0. The van der Waals surface area contributed by atoms with E-state index < -0.39 is 60.1 Å². The zero-order chi connectivity index (χ0) is 43.1. The maximum absolute atomic E-state index is 11.0. The first-order valence-electron chi connectivity index (χ1n) is 16.5. The van der Waals surface area contributed by atoms with Crippen molar-refractivity contribution in [3.05, 3.63) is 104 Å². The molecule has 6 N–H and O–H groups in total. The first kappa shape index (κ1) is 44.5. The summed E-state index contributed by atoms with van der Waals surface area (Å²) < 4.78 is 161. The number of sulfonamides is 6. The molecular weight excluding hydrogens is 973 g/mol. The van der Waals surface area contributed by atoms with E-state index >= 15 is 0 Å². The van der Waals surface area contributed by atoms with Gasteiger partial charge in [0.25, 0.3) is 20.0 Å². The first-order chi connectivity index (χ1) is 28.2. The van der Waals surface area contributed by atoms with Gasteiger partial charge >= 0.3 is 0 Å². The molecule has 0 aromatic carbocycles. The van der Waals surface area contributed by atoms with Crippen molar-refractivity contribution in [2.24, 2.45) is 0 Å². The van der Waals surface area contributed by atoms with Crippen LogP contribution in [0.4, 0.5) is 0 Å². The Labute approximate surface area is 355 Å². The third kappa shape index (κ3) is 9.41. The Kier molecular flexibility index (Phi) is 12.5. The Bertz CT molecular complexity index is 2670. The Hall–Kier alpha value is -3.60. The normalized spacial score (nSPS) is 20.8. The number of nitrogens with one attached hydrogen (secondary N) is 6. The second-order valence-electron chi connectivity index (χ2n) is 12.4. The Morgan fingerprint density at radius 2 is 1.03 bits per heavy atom. The summed E-state index contributed by atoms with van der Waals surface area (Å²) >= 11 is 4.17. The fraction of sp³-hybridized carbons (Fsp3) is 0.200. The molecule has 0 bridgehead atoms. The van der Waals surface area contributed by atoms with Crippen LogP contribution in [0.3, 0.4) is 0 Å². The molecule has 0 spiro atoms. The Morgan fingerprint density at radius 1 is 0.450 bits per heavy atom. The van der Waals surface area contributed by atoms with Crippen LogP contribution in [0.5, 0.6) is 0 Å². The standard InChI is InChI=1S/3C5H5NO3S.3C5H5NO2S2/c7-10(8)5-3-9-2-4(5)1-6-10;7-10(8)5-1-2-9-4(5)3-6-10;7-10(8)5-4(3-6-10)1-2-9-5;7-10(8)5-3-9-2-4(5)1-6-10;7-10(8)5-1-2-9-4(5)3-6-10;7-10(8)5-4(3-6-10)1-2-9-5/h2-3,6H,1H2;2*1-2,6H,3H2;2-3,6H,1H2;2*1-2,6H,3H2. The summed E-state index contributed by atoms with van der Waals surface area (Å²) in [5, 5.41) is 7.16. The van der Waals surface area contributed by atoms with Crippen LogP contribution >= 0.6 is 34.0 Å². The maximum Gasteiger partial charge on any atom is 0.274 e. The van der Waals surface area contributed by atoms with Crippen molar-refractivity contribution in [1.29, 1.82) is 0 Å². The van der Waals surface area contributed by atoms with Crippen molar-refractivity contribution < 1.29 is 63.8 Å². The quantitative estimate of drug-likeness (QED) is 0.127. The van der Waals surface area contributed by atoms with Crippen molar-refractivity contribution in [3.63, 3.8) is 0 Å². The number of furan rings is 3. The van der Waals surface area contributed by atoms with E-state index in [1.165, 1.54) is 65.1 Å². The summed E-state index contributed by atoms with van der Waals surface area (Å²) in [6, 6.07) is 6.56. The van der Waals surface area contributed by atoms with Gasteiger partial charge in [-0.05, 0) is 51.5 Å². The molecule has 12 rings (SSSR count). The predicted octanol–water partition coefficient (Wildman–Crippen LogP) is 1.83. The Balaban J connectivity index is 0.000000109. The van der Waals surface area contributed by atoms with Crippen LogP contribution in [-0.2, 0) is 99.4 Å². The fourth-order valence-corrected chi connectivity index (χ4v) is 16.4. The van der Waals surface area contributed by atoms with Gasteiger partial charge in [0.15, 0.2) is 0 Å². The van der Waals surface area contributed by atoms with Crippen LogP contribution in [0, 0.1) is 0 Å². The highest BCUT2D eigenvalue weighted by molar-refractivity contribution is 7.92. The van der Waals surface area contributed by atoms with Gasteiger partial charge in [-0.25, -0.2) is 78.8 Å². The number of hydrogen-bond donors (Lipinski definition) is 6. The average Bonchev–Trinajstić information content (AvgIpc) is 4.03. The second-order valence-corrected chi connectivity index (χ2v) is 25.6. The van der Waals surface area contributed by atoms with E-state index in [0.29, 0.717) is 63.6 Å². The largest absolute Gasteiger partial charge is 0.471 e. The predicted molar refractivity (Wildman–Crippen MR) is 213 cm³/mol. The van der Waals surface area contributed by atoms with Gasteiger partial charge in [-0.2, -0.15) is 11.3 Å². The van der Waals surface area contributed by atoms with Gasteiger partial charge in [-0.3, -0.25) is 0 Å². The van der Waals surface area contributed by atoms with Gasteiger partial charge in [-0.15, -0.1) is 22.7 Å². The molecule has 6 aliphatic rings. The monoisotopic (exact) mass is 1000 g/mol. The number of rotatable bonds is 0. The fourth-order valence-electron chi connectivity index (χ4n) is 5.58. The van der Waals surface area contributed by atoms with Gasteiger partial charge in [-0.1, -0.05) is 0 Å². The zero-order valence-corrected chi connectivity index (χ0v) is 37.3. The van der Waals surface area contributed by atoms with E-state index in [9.17, 15) is 50.5 Å². The number of thiophene rings is 3. The van der Waals surface area contributed by atoms with Gasteiger partial charge in [0, 0.05) is 54.1 Å². The van der Waals surface area contributed by atoms with Gasteiger partial charge in [0.1, 0.15) is 26.0 Å². The van der Waals surface area contributed by atoms with Gasteiger partial charge < -0.3 is 13.3 Å². The first-order valence-corrected chi connectivity index (χ1v) is 28.1. The summed E-state index contributed by atoms with van der Waals surface area (Å²) in [6.07, 6.45) is 5.43. The van der Waals surface area contributed by atoms with Crippen molar-refractivity contribution in [2.75, 3.05) is 0 Å². The van der Waals surface area contributed by atoms with Crippen molar-refractivity contribution in [2.45, 2.75) is 68.2 Å². The van der Waals surface area contributed by atoms with E-state index in [2.05, 4.69) is 28.3 Å². The van der Waals surface area contributed by atoms with Crippen LogP contribution in [-0.4, -0.2) is 50.5 Å². The molecule has 30 heteroatoms. The molecule has 324 valence electrons. The third-order valence-electron chi connectivity index (χ3n) is 8.53. The molecule has 0 saturated carbocycles. The van der Waals surface area contributed by atoms with Gasteiger partial charge in [0.05, 0.1) is 35.1 Å². The molecule has 0 aliphatic carbocycles. The van der Waals surface area contributed by atoms with E-state index in [0.717, 1.165) is 16.0 Å². The van der Waals surface area contributed by atoms with E-state index in [1.54, 1.807) is 28.3 Å². The SMILES string of the molecule is O=S1(=O)NCc2ccoc21.O=S1(=O)NCc2ccsc21.O=S1(=O)NCc2cocc21.O=S1(=O)NCc2cscc21.O=S1(=O)NCc2occc21.O=S1(=O)NCc2sccc21. The molecule has 0 fully saturated rings. The van der Waals surface area contributed by atoms with Crippen LogP contribution in [0.25, 0.3) is 0 Å². The molecule has 6 aliphatic heterocycles. The molecule has 60 heavy (non-hydrogen) atoms. The van der Waals surface area contributed by atoms with Crippen LogP contribution in [0.1, 0.15) is 32.9 Å². The van der Waals surface area contributed by atoms with E-state index in [-0.39, 0.29) is 21.4 Å². The molecule has 0 amide bonds. The van der Waals surface area contributed by atoms with E-state index in [1.807, 2.05) is 11.4 Å². The lowest BCUT2D eigenvalue weighted by Crippen LogP contribution is -2.13. The lowest BCUT2D eigenvalue weighted by atomic mass is 10.3. The highest BCUT2D eigenvalue weighted by Gasteiger charge is 2.31. The summed E-state index contributed by atoms with van der Waals surface area (Å²) in [7, 11) is -19.0. The Morgan fingerprint density at radius 3 is 1.72 bits per heavy atom. The lowest BCUT2D eigenvalue weighted by molar-refractivity contribution is 0.451. The molecule has 21 nitrogen and oxygen atoms in total. The molecular formula is C30H30N6O15S9. The minimum atomic E-state index is -3.28. The molecule has 6 aromatic rings. The topological polar surface area (TPSA) is 316 Å².